The molecule has 0 unspecified atom stereocenters. The number of carbonyl (C=O) groups is 3. The van der Waals surface area contributed by atoms with Gasteiger partial charge in [-0.2, -0.15) is 0 Å². The smallest absolute Gasteiger partial charge is 0.308 e. The summed E-state index contributed by atoms with van der Waals surface area (Å²) in [6.45, 7) is 7.85. The lowest BCUT2D eigenvalue weighted by Crippen LogP contribution is -2.30. The number of aryl methyl sites for hydroxylation is 2. The highest BCUT2D eigenvalue weighted by Gasteiger charge is 2.30. The van der Waals surface area contributed by atoms with E-state index in [-0.39, 0.29) is 11.3 Å². The number of unbranched alkanes of at least 4 members (excludes halogenated alkanes) is 3. The third-order valence-corrected chi connectivity index (χ3v) is 4.67. The maximum atomic E-state index is 13.5. The molecule has 0 spiro atoms. The maximum absolute atomic E-state index is 13.5. The van der Waals surface area contributed by atoms with Gasteiger partial charge in [-0.25, -0.2) is 0 Å². The van der Waals surface area contributed by atoms with Crippen LogP contribution in [-0.2, 0) is 30.4 Å². The maximum Gasteiger partial charge on any atom is 0.308 e. The van der Waals surface area contributed by atoms with E-state index in [1.807, 2.05) is 13.0 Å². The number of ether oxygens (including phenoxy) is 3. The van der Waals surface area contributed by atoms with E-state index in [1.54, 1.807) is 16.7 Å². The summed E-state index contributed by atoms with van der Waals surface area (Å²) in [5, 5.41) is 0.490. The number of esters is 3. The van der Waals surface area contributed by atoms with Gasteiger partial charge in [0.05, 0.1) is 5.52 Å². The molecule has 0 N–H and O–H groups in total. The summed E-state index contributed by atoms with van der Waals surface area (Å²) in [4.78, 5) is 48.7. The van der Waals surface area contributed by atoms with E-state index in [4.69, 9.17) is 14.2 Å². The van der Waals surface area contributed by atoms with Gasteiger partial charge in [-0.1, -0.05) is 37.8 Å². The van der Waals surface area contributed by atoms with Crippen LogP contribution in [0.4, 0.5) is 0 Å². The van der Waals surface area contributed by atoms with E-state index < -0.39 is 29.8 Å². The van der Waals surface area contributed by atoms with Crippen LogP contribution in [0.1, 0.15) is 70.8 Å². The summed E-state index contributed by atoms with van der Waals surface area (Å²) in [5.41, 5.74) is 0.710. The Morgan fingerprint density at radius 3 is 2.16 bits per heavy atom. The molecule has 2 rings (SSSR count). The minimum Gasteiger partial charge on any atom is -0.425 e. The summed E-state index contributed by atoms with van der Waals surface area (Å²) in [6.07, 6.45) is 2.15. The molecule has 1 aromatic heterocycles. The predicted molar refractivity (Wildman–Crippen MR) is 115 cm³/mol. The molecule has 8 nitrogen and oxygen atoms in total. The molecule has 168 valence electrons. The van der Waals surface area contributed by atoms with Crippen molar-refractivity contribution < 1.29 is 28.6 Å². The van der Waals surface area contributed by atoms with Gasteiger partial charge in [0.2, 0.25) is 0 Å². The van der Waals surface area contributed by atoms with Gasteiger partial charge in [-0.05, 0) is 25.5 Å². The summed E-state index contributed by atoms with van der Waals surface area (Å²) >= 11 is 0. The third-order valence-electron chi connectivity index (χ3n) is 4.67. The molecule has 0 fully saturated rings. The van der Waals surface area contributed by atoms with Gasteiger partial charge in [0.15, 0.2) is 5.75 Å². The zero-order valence-electron chi connectivity index (χ0n) is 18.6. The average Bonchev–Trinajstić information content (AvgIpc) is 2.66. The number of nitrogens with zero attached hydrogens (tertiary/aromatic N) is 1. The van der Waals surface area contributed by atoms with E-state index in [0.29, 0.717) is 17.4 Å². The summed E-state index contributed by atoms with van der Waals surface area (Å²) < 4.78 is 17.2. The van der Waals surface area contributed by atoms with Crippen LogP contribution >= 0.6 is 0 Å². The molecule has 0 saturated heterocycles. The van der Waals surface area contributed by atoms with Gasteiger partial charge in [0.1, 0.15) is 5.56 Å². The Labute approximate surface area is 181 Å². The van der Waals surface area contributed by atoms with Crippen molar-refractivity contribution in [2.24, 2.45) is 0 Å². The van der Waals surface area contributed by atoms with Crippen LogP contribution in [0.2, 0.25) is 0 Å². The monoisotopic (exact) mass is 431 g/mol. The molecule has 31 heavy (non-hydrogen) atoms. The minimum atomic E-state index is -1.64. The predicted octanol–water partition coefficient (Wildman–Crippen LogP) is 3.94. The first kappa shape index (κ1) is 24.1. The Balaban J connectivity index is 2.83. The van der Waals surface area contributed by atoms with E-state index in [2.05, 4.69) is 6.92 Å². The molecule has 1 aromatic carbocycles. The molecule has 1 heterocycles. The average molecular weight is 431 g/mol. The summed E-state index contributed by atoms with van der Waals surface area (Å²) in [7, 11) is 0. The van der Waals surface area contributed by atoms with Crippen LogP contribution < -0.4 is 10.3 Å². The number of fused-ring (bicyclic) bond motifs is 1. The fraction of sp³-hybridized carbons (Fsp3) is 0.478. The van der Waals surface area contributed by atoms with Crippen molar-refractivity contribution in [2.75, 3.05) is 0 Å². The Morgan fingerprint density at radius 2 is 1.61 bits per heavy atom. The highest BCUT2D eigenvalue weighted by molar-refractivity contribution is 5.90. The quantitative estimate of drug-likeness (QED) is 0.337. The van der Waals surface area contributed by atoms with Crippen molar-refractivity contribution in [1.82, 2.24) is 4.57 Å². The van der Waals surface area contributed by atoms with Crippen molar-refractivity contribution in [1.29, 1.82) is 0 Å². The number of hydrogen-bond donors (Lipinski definition) is 0. The van der Waals surface area contributed by atoms with E-state index in [9.17, 15) is 19.2 Å². The Kier molecular flexibility index (Phi) is 8.36. The number of benzene rings is 1. The van der Waals surface area contributed by atoms with Gasteiger partial charge >= 0.3 is 17.9 Å². The van der Waals surface area contributed by atoms with Gasteiger partial charge in [-0.3, -0.25) is 19.2 Å². The van der Waals surface area contributed by atoms with E-state index in [0.717, 1.165) is 45.1 Å². The SMILES string of the molecule is CCCCCCn1c(=O)c(C(OC(C)=O)OC(C)=O)c(OC(C)=O)c2cc(C)ccc21. The molecule has 0 atom stereocenters. The van der Waals surface area contributed by atoms with Crippen LogP contribution in [0.5, 0.6) is 5.75 Å². The van der Waals surface area contributed by atoms with E-state index >= 15 is 0 Å². The Morgan fingerprint density at radius 1 is 0.968 bits per heavy atom. The largest absolute Gasteiger partial charge is 0.425 e. The Hall–Kier alpha value is -3.16. The van der Waals surface area contributed by atoms with Crippen LogP contribution in [0, 0.1) is 6.92 Å². The first-order valence-electron chi connectivity index (χ1n) is 10.4. The van der Waals surface area contributed by atoms with Crippen LogP contribution in [0.3, 0.4) is 0 Å². The zero-order chi connectivity index (χ0) is 23.1. The van der Waals surface area contributed by atoms with Crippen molar-refractivity contribution in [3.8, 4) is 5.75 Å². The number of aromatic nitrogens is 1. The second-order valence-electron chi connectivity index (χ2n) is 7.43. The molecular weight excluding hydrogens is 402 g/mol. The second kappa shape index (κ2) is 10.7. The van der Waals surface area contributed by atoms with Crippen molar-refractivity contribution in [3.63, 3.8) is 0 Å². The molecule has 0 radical (unpaired) electrons. The second-order valence-corrected chi connectivity index (χ2v) is 7.43. The van der Waals surface area contributed by atoms with E-state index in [1.165, 1.54) is 6.92 Å². The summed E-state index contributed by atoms with van der Waals surface area (Å²) in [5.74, 6) is -2.24. The molecule has 0 amide bonds. The zero-order valence-corrected chi connectivity index (χ0v) is 18.6. The highest BCUT2D eigenvalue weighted by Crippen LogP contribution is 2.34. The van der Waals surface area contributed by atoms with Crippen molar-refractivity contribution >= 4 is 28.8 Å². The number of hydrogen-bond acceptors (Lipinski definition) is 7. The van der Waals surface area contributed by atoms with Gasteiger partial charge in [0.25, 0.3) is 11.8 Å². The van der Waals surface area contributed by atoms with Crippen LogP contribution in [0.25, 0.3) is 10.9 Å². The molecule has 0 saturated carbocycles. The molecule has 8 heteroatoms. The lowest BCUT2D eigenvalue weighted by Gasteiger charge is -2.22. The lowest BCUT2D eigenvalue weighted by atomic mass is 10.1. The fourth-order valence-corrected chi connectivity index (χ4v) is 3.39. The van der Waals surface area contributed by atoms with Gasteiger partial charge in [-0.15, -0.1) is 0 Å². The van der Waals surface area contributed by atoms with Gasteiger partial charge < -0.3 is 18.8 Å². The normalized spacial score (nSPS) is 10.9. The van der Waals surface area contributed by atoms with Gasteiger partial charge in [0, 0.05) is 32.7 Å². The van der Waals surface area contributed by atoms with Crippen molar-refractivity contribution in [2.45, 2.75) is 73.1 Å². The number of carbonyl (C=O) groups excluding carboxylic acids is 3. The molecule has 0 aliphatic carbocycles. The number of pyridine rings is 1. The molecule has 0 bridgehead atoms. The highest BCUT2D eigenvalue weighted by atomic mass is 16.7. The molecule has 2 aromatic rings. The van der Waals surface area contributed by atoms with Crippen molar-refractivity contribution in [3.05, 3.63) is 39.7 Å². The first-order chi connectivity index (χ1) is 14.6. The topological polar surface area (TPSA) is 101 Å². The standard InChI is InChI=1S/C23H29NO7/c1-6-7-8-9-12-24-19-11-10-14(2)13-18(19)21(29-15(3)25)20(22(24)28)23(30-16(4)26)31-17(5)27/h10-11,13,23H,6-9,12H2,1-5H3. The lowest BCUT2D eigenvalue weighted by molar-refractivity contribution is -0.186. The molecule has 0 aliphatic rings. The Bertz CT molecular complexity index is 1020. The third kappa shape index (κ3) is 6.16. The first-order valence-corrected chi connectivity index (χ1v) is 10.4. The minimum absolute atomic E-state index is 0.0755. The molecular formula is C23H29NO7. The van der Waals surface area contributed by atoms with Crippen LogP contribution in [0.15, 0.2) is 23.0 Å². The fourth-order valence-electron chi connectivity index (χ4n) is 3.39. The molecule has 0 aliphatic heterocycles. The summed E-state index contributed by atoms with van der Waals surface area (Å²) in [6, 6.07) is 5.42. The van der Waals surface area contributed by atoms with Crippen LogP contribution in [-0.4, -0.2) is 22.5 Å². The number of rotatable bonds is 9.